The molecule has 1 unspecified atom stereocenters. The lowest BCUT2D eigenvalue weighted by molar-refractivity contribution is -0.140. The fraction of sp³-hybridized carbons (Fsp3) is 0.370. The van der Waals surface area contributed by atoms with E-state index in [4.69, 9.17) is 4.42 Å². The summed E-state index contributed by atoms with van der Waals surface area (Å²) in [5.41, 5.74) is -0.0971. The van der Waals surface area contributed by atoms with E-state index in [1.165, 1.54) is 0 Å². The van der Waals surface area contributed by atoms with Crippen LogP contribution in [0.25, 0.3) is 0 Å². The molecular formula is C27H25F3N2O6. The molecule has 1 aromatic carbocycles. The van der Waals surface area contributed by atoms with Crippen molar-refractivity contribution >= 4 is 5.97 Å². The van der Waals surface area contributed by atoms with Gasteiger partial charge in [-0.2, -0.15) is 0 Å². The second kappa shape index (κ2) is 10.1. The van der Waals surface area contributed by atoms with Gasteiger partial charge in [0.25, 0.3) is 5.56 Å². The number of aromatic nitrogens is 1. The van der Waals surface area contributed by atoms with Gasteiger partial charge in [0.15, 0.2) is 23.2 Å². The zero-order chi connectivity index (χ0) is 27.1. The van der Waals surface area contributed by atoms with E-state index in [-0.39, 0.29) is 41.0 Å². The molecule has 3 aromatic rings. The van der Waals surface area contributed by atoms with Crippen LogP contribution < -0.4 is 11.0 Å². The first-order valence-electron chi connectivity index (χ1n) is 12.1. The Morgan fingerprint density at radius 1 is 1.13 bits per heavy atom. The average Bonchev–Trinajstić information content (AvgIpc) is 2.88. The number of esters is 1. The molecule has 0 amide bonds. The van der Waals surface area contributed by atoms with Gasteiger partial charge in [0.2, 0.25) is 11.2 Å². The number of halogens is 3. The van der Waals surface area contributed by atoms with Crippen LogP contribution in [-0.2, 0) is 22.6 Å². The number of fused-ring (bicyclic) bond motifs is 4. The number of hydrogen-bond donors (Lipinski definition) is 1. The van der Waals surface area contributed by atoms with Crippen molar-refractivity contribution in [3.63, 3.8) is 0 Å². The number of likely N-dealkylation sites (tertiary alicyclic amines) is 1. The molecule has 4 heterocycles. The van der Waals surface area contributed by atoms with Gasteiger partial charge >= 0.3 is 5.97 Å². The van der Waals surface area contributed by atoms with Gasteiger partial charge in [-0.15, -0.1) is 0 Å². The molecule has 0 aliphatic carbocycles. The number of carbonyl (C=O) groups excluding carboxylic acids is 1. The second-order valence-corrected chi connectivity index (χ2v) is 9.81. The molecule has 1 N–H and O–H groups in total. The van der Waals surface area contributed by atoms with Crippen molar-refractivity contribution in [1.29, 1.82) is 0 Å². The summed E-state index contributed by atoms with van der Waals surface area (Å²) in [4.78, 5) is 39.2. The van der Waals surface area contributed by atoms with Gasteiger partial charge in [-0.1, -0.05) is 6.07 Å². The summed E-state index contributed by atoms with van der Waals surface area (Å²) in [6, 6.07) is 7.71. The molecule has 0 radical (unpaired) electrons. The largest absolute Gasteiger partial charge is 0.502 e. The molecule has 2 bridgehead atoms. The van der Waals surface area contributed by atoms with Gasteiger partial charge in [0, 0.05) is 43.4 Å². The van der Waals surface area contributed by atoms with E-state index in [1.807, 2.05) is 6.07 Å². The molecule has 3 atom stereocenters. The third kappa shape index (κ3) is 4.85. The summed E-state index contributed by atoms with van der Waals surface area (Å²) in [6.45, 7) is 2.00. The van der Waals surface area contributed by atoms with E-state index < -0.39 is 46.9 Å². The Morgan fingerprint density at radius 2 is 1.87 bits per heavy atom. The third-order valence-corrected chi connectivity index (χ3v) is 7.26. The lowest BCUT2D eigenvalue weighted by Gasteiger charge is -2.42. The smallest absolute Gasteiger partial charge is 0.306 e. The lowest BCUT2D eigenvalue weighted by Crippen LogP contribution is -2.46. The quantitative estimate of drug-likeness (QED) is 0.386. The lowest BCUT2D eigenvalue weighted by atomic mass is 9.83. The summed E-state index contributed by atoms with van der Waals surface area (Å²) in [6.07, 6.45) is 0.397. The number of carbonyl (C=O) groups is 1. The summed E-state index contributed by atoms with van der Waals surface area (Å²) in [7, 11) is 1.11. The Labute approximate surface area is 214 Å². The van der Waals surface area contributed by atoms with Crippen LogP contribution in [0.2, 0.25) is 0 Å². The minimum Gasteiger partial charge on any atom is -0.502 e. The molecule has 0 spiro atoms. The molecular weight excluding hydrogens is 505 g/mol. The van der Waals surface area contributed by atoms with Gasteiger partial charge in [0.1, 0.15) is 5.76 Å². The molecule has 2 aromatic heterocycles. The third-order valence-electron chi connectivity index (χ3n) is 7.26. The van der Waals surface area contributed by atoms with Crippen molar-refractivity contribution < 1.29 is 32.2 Å². The molecule has 8 nitrogen and oxygen atoms in total. The zero-order valence-corrected chi connectivity index (χ0v) is 20.5. The van der Waals surface area contributed by atoms with E-state index in [2.05, 4.69) is 9.64 Å². The van der Waals surface area contributed by atoms with E-state index in [0.717, 1.165) is 25.3 Å². The van der Waals surface area contributed by atoms with Crippen LogP contribution in [0.5, 0.6) is 5.75 Å². The maximum Gasteiger partial charge on any atom is 0.306 e. The van der Waals surface area contributed by atoms with Crippen LogP contribution in [0, 0.1) is 23.4 Å². The number of rotatable bonds is 6. The average molecular weight is 530 g/mol. The normalized spacial score (nSPS) is 19.6. The van der Waals surface area contributed by atoms with Crippen molar-refractivity contribution in [2.24, 2.45) is 5.92 Å². The molecule has 1 saturated heterocycles. The van der Waals surface area contributed by atoms with Crippen molar-refractivity contribution in [2.75, 3.05) is 20.2 Å². The molecule has 2 aliphatic heterocycles. The van der Waals surface area contributed by atoms with Gasteiger partial charge in [-0.05, 0) is 36.1 Å². The van der Waals surface area contributed by atoms with Gasteiger partial charge in [-0.3, -0.25) is 19.3 Å². The fourth-order valence-corrected chi connectivity index (χ4v) is 5.60. The van der Waals surface area contributed by atoms with Crippen molar-refractivity contribution in [2.45, 2.75) is 37.8 Å². The van der Waals surface area contributed by atoms with Crippen LogP contribution in [0.3, 0.4) is 0 Å². The summed E-state index contributed by atoms with van der Waals surface area (Å²) >= 11 is 0. The van der Waals surface area contributed by atoms with Gasteiger partial charge < -0.3 is 18.8 Å². The summed E-state index contributed by atoms with van der Waals surface area (Å²) < 4.78 is 54.0. The number of pyridine rings is 1. The maximum absolute atomic E-state index is 14.0. The maximum atomic E-state index is 14.0. The molecule has 2 aliphatic rings. The second-order valence-electron chi connectivity index (χ2n) is 9.81. The standard InChI is InChI=1S/C27H25F3N2O6/c1-37-24(35)9-18(15-6-19(28)25(30)20(29)7-15)27-26(36)22(33)8-17(38-27)13-31-10-14-5-16(12-31)21-3-2-4-23(34)32(21)11-14/h2-4,6-8,14,16,18,36H,5,9-13H2,1H3/t14-,16+,18?/m1/s1. The minimum atomic E-state index is -1.69. The highest BCUT2D eigenvalue weighted by molar-refractivity contribution is 5.71. The number of hydrogen-bond acceptors (Lipinski definition) is 7. The predicted molar refractivity (Wildman–Crippen MR) is 128 cm³/mol. The molecule has 0 saturated carbocycles. The number of nitrogens with zero attached hydrogens (tertiary/aromatic N) is 2. The Morgan fingerprint density at radius 3 is 2.58 bits per heavy atom. The van der Waals surface area contributed by atoms with Crippen molar-refractivity contribution in [3.8, 4) is 5.75 Å². The number of aromatic hydroxyl groups is 1. The van der Waals surface area contributed by atoms with Crippen LogP contribution in [-0.4, -0.2) is 40.7 Å². The first kappa shape index (κ1) is 25.8. The highest BCUT2D eigenvalue weighted by Crippen LogP contribution is 2.37. The molecule has 5 rings (SSSR count). The monoisotopic (exact) mass is 530 g/mol. The first-order valence-corrected chi connectivity index (χ1v) is 12.1. The van der Waals surface area contributed by atoms with Gasteiger partial charge in [0.05, 0.1) is 26.0 Å². The van der Waals surface area contributed by atoms with E-state index in [1.54, 1.807) is 16.7 Å². The zero-order valence-electron chi connectivity index (χ0n) is 20.5. The fourth-order valence-electron chi connectivity index (χ4n) is 5.60. The highest BCUT2D eigenvalue weighted by atomic mass is 19.2. The number of benzene rings is 1. The SMILES string of the molecule is COC(=O)CC(c1cc(F)c(F)c(F)c1)c1oc(CN2C[C@H]3C[C@@H](C2)c2cccc(=O)n2C3)cc(=O)c1O. The molecule has 200 valence electrons. The molecule has 38 heavy (non-hydrogen) atoms. The first-order chi connectivity index (χ1) is 18.1. The van der Waals surface area contributed by atoms with Crippen molar-refractivity contribution in [1.82, 2.24) is 9.47 Å². The predicted octanol–water partition coefficient (Wildman–Crippen LogP) is 3.24. The Balaban J connectivity index is 1.48. The van der Waals surface area contributed by atoms with E-state index in [9.17, 15) is 32.7 Å². The molecule has 1 fully saturated rings. The van der Waals surface area contributed by atoms with Crippen LogP contribution in [0.1, 0.15) is 47.5 Å². The Bertz CT molecular complexity index is 1490. The Kier molecular flexibility index (Phi) is 6.87. The highest BCUT2D eigenvalue weighted by Gasteiger charge is 2.35. The number of methoxy groups -OCH3 is 1. The topological polar surface area (TPSA) is 102 Å². The molecule has 11 heteroatoms. The van der Waals surface area contributed by atoms with Crippen molar-refractivity contribution in [3.05, 3.63) is 97.2 Å². The minimum absolute atomic E-state index is 0.0369. The Hall–Kier alpha value is -3.86. The van der Waals surface area contributed by atoms with E-state index >= 15 is 0 Å². The summed E-state index contributed by atoms with van der Waals surface area (Å²) in [5.74, 6) is -7.51. The van der Waals surface area contributed by atoms with Crippen LogP contribution >= 0.6 is 0 Å². The van der Waals surface area contributed by atoms with Gasteiger partial charge in [-0.25, -0.2) is 13.2 Å². The van der Waals surface area contributed by atoms with Crippen LogP contribution in [0.15, 0.2) is 50.4 Å². The summed E-state index contributed by atoms with van der Waals surface area (Å²) in [5, 5.41) is 10.5. The van der Waals surface area contributed by atoms with E-state index in [0.29, 0.717) is 31.8 Å². The number of piperidine rings is 1. The van der Waals surface area contributed by atoms with Crippen LogP contribution in [0.4, 0.5) is 13.2 Å². The number of ether oxygens (including phenoxy) is 1.